The SMILES string of the molecule is C=C[Si](Cl)(Cl)Cl.[SiH3]Cl. The largest absolute Gasteiger partial charge is 0.365 e. The van der Waals surface area contributed by atoms with Gasteiger partial charge in [0.05, 0.1) is 0 Å². The summed E-state index contributed by atoms with van der Waals surface area (Å²) in [4.78, 5) is 0. The molecule has 0 fully saturated rings. The fourth-order valence-electron chi connectivity index (χ4n) is 0. The molecule has 6 heteroatoms. The first-order valence-corrected chi connectivity index (χ1v) is 9.78. The average Bonchev–Trinajstić information content (AvgIpc) is 1.71. The first kappa shape index (κ1) is 12.1. The van der Waals surface area contributed by atoms with Crippen LogP contribution >= 0.6 is 44.3 Å². The van der Waals surface area contributed by atoms with Crippen molar-refractivity contribution in [1.82, 2.24) is 0 Å². The molecule has 0 bridgehead atoms. The molecule has 0 aliphatic carbocycles. The molecule has 0 nitrogen and oxygen atoms in total. The highest BCUT2D eigenvalue weighted by molar-refractivity contribution is 7.66. The first-order valence-electron chi connectivity index (χ1n) is 1.64. The van der Waals surface area contributed by atoms with Crippen molar-refractivity contribution in [2.45, 2.75) is 0 Å². The zero-order valence-electron chi connectivity index (χ0n) is 4.30. The van der Waals surface area contributed by atoms with Crippen LogP contribution in [0.25, 0.3) is 0 Å². The quantitative estimate of drug-likeness (QED) is 0.474. The molecule has 0 saturated carbocycles. The second kappa shape index (κ2) is 6.45. The van der Waals surface area contributed by atoms with E-state index in [0.717, 1.165) is 9.55 Å². The topological polar surface area (TPSA) is 0 Å². The molecule has 0 saturated heterocycles. The number of rotatable bonds is 1. The molecule has 0 radical (unpaired) electrons. The molecule has 0 N–H and O–H groups in total. The Morgan fingerprint density at radius 2 is 1.38 bits per heavy atom. The van der Waals surface area contributed by atoms with Crippen molar-refractivity contribution in [3.63, 3.8) is 0 Å². The molecule has 0 spiro atoms. The first-order chi connectivity index (χ1) is 3.56. The van der Waals surface area contributed by atoms with Gasteiger partial charge in [0.25, 0.3) is 0 Å². The minimum atomic E-state index is -2.45. The zero-order valence-corrected chi connectivity index (χ0v) is 10.3. The van der Waals surface area contributed by atoms with Crippen molar-refractivity contribution in [2.75, 3.05) is 0 Å². The summed E-state index contributed by atoms with van der Waals surface area (Å²) in [5.74, 6) is 0. The van der Waals surface area contributed by atoms with Gasteiger partial charge in [-0.3, -0.25) is 0 Å². The molecule has 0 aromatic rings. The van der Waals surface area contributed by atoms with E-state index in [-0.39, 0.29) is 0 Å². The molecular formula is C2H6Cl4Si2. The summed E-state index contributed by atoms with van der Waals surface area (Å²) >= 11 is 20.6. The Kier molecular flexibility index (Phi) is 9.72. The van der Waals surface area contributed by atoms with Gasteiger partial charge in [-0.05, 0) is 0 Å². The smallest absolute Gasteiger partial charge is 0.181 e. The normalized spacial score (nSPS) is 9.50. The third kappa shape index (κ3) is 15.7. The van der Waals surface area contributed by atoms with Crippen LogP contribution < -0.4 is 0 Å². The van der Waals surface area contributed by atoms with Crippen molar-refractivity contribution in [2.24, 2.45) is 0 Å². The lowest BCUT2D eigenvalue weighted by Crippen LogP contribution is -2.01. The van der Waals surface area contributed by atoms with Gasteiger partial charge in [0.1, 0.15) is 9.55 Å². The van der Waals surface area contributed by atoms with E-state index in [1.54, 1.807) is 0 Å². The lowest BCUT2D eigenvalue weighted by molar-refractivity contribution is 2.56. The van der Waals surface area contributed by atoms with E-state index >= 15 is 0 Å². The molecule has 0 aliphatic rings. The van der Waals surface area contributed by atoms with Crippen molar-refractivity contribution >= 4 is 59.9 Å². The molecule has 50 valence electrons. The number of halogens is 4. The van der Waals surface area contributed by atoms with E-state index in [9.17, 15) is 0 Å². The fourth-order valence-corrected chi connectivity index (χ4v) is 0. The highest BCUT2D eigenvalue weighted by Crippen LogP contribution is 2.19. The van der Waals surface area contributed by atoms with Crippen molar-refractivity contribution in [1.29, 1.82) is 0 Å². The van der Waals surface area contributed by atoms with Crippen LogP contribution in [-0.4, -0.2) is 15.6 Å². The van der Waals surface area contributed by atoms with Gasteiger partial charge in [0.15, 0.2) is 0 Å². The Morgan fingerprint density at radius 3 is 1.38 bits per heavy atom. The number of hydrogen-bond acceptors (Lipinski definition) is 0. The maximum absolute atomic E-state index is 5.27. The third-order valence-electron chi connectivity index (χ3n) is 0.231. The van der Waals surface area contributed by atoms with Gasteiger partial charge in [0.2, 0.25) is 0 Å². The van der Waals surface area contributed by atoms with Gasteiger partial charge >= 0.3 is 6.00 Å². The highest BCUT2D eigenvalue weighted by atomic mass is 35.8. The maximum atomic E-state index is 5.27. The summed E-state index contributed by atoms with van der Waals surface area (Å²) in [7, 11) is 0.778. The van der Waals surface area contributed by atoms with Crippen LogP contribution in [-0.2, 0) is 0 Å². The van der Waals surface area contributed by atoms with Crippen LogP contribution in [0.4, 0.5) is 0 Å². The summed E-state index contributed by atoms with van der Waals surface area (Å²) in [5.41, 5.74) is 1.37. The Hall–Kier alpha value is 1.33. The standard InChI is InChI=1S/C2H3Cl3Si.ClH3Si/c1-2-6(3,4)5;1-2/h2H,1H2;2H3. The Labute approximate surface area is 72.0 Å². The van der Waals surface area contributed by atoms with E-state index < -0.39 is 6.00 Å². The van der Waals surface area contributed by atoms with E-state index in [4.69, 9.17) is 44.3 Å². The molecule has 0 aliphatic heterocycles. The molecular weight excluding hydrogens is 222 g/mol. The Morgan fingerprint density at radius 1 is 1.25 bits per heavy atom. The van der Waals surface area contributed by atoms with Gasteiger partial charge in [0, 0.05) is 0 Å². The molecule has 0 aromatic carbocycles. The van der Waals surface area contributed by atoms with Crippen LogP contribution in [0.3, 0.4) is 0 Å². The minimum Gasteiger partial charge on any atom is -0.181 e. The van der Waals surface area contributed by atoms with Crippen LogP contribution in [0.1, 0.15) is 0 Å². The number of hydrogen-bond donors (Lipinski definition) is 0. The second-order valence-corrected chi connectivity index (χ2v) is 9.34. The van der Waals surface area contributed by atoms with Gasteiger partial charge in [-0.1, -0.05) is 5.70 Å². The maximum Gasteiger partial charge on any atom is 0.365 e. The van der Waals surface area contributed by atoms with Crippen molar-refractivity contribution in [3.8, 4) is 0 Å². The van der Waals surface area contributed by atoms with Crippen LogP contribution in [0.5, 0.6) is 0 Å². The second-order valence-electron chi connectivity index (χ2n) is 0.746. The van der Waals surface area contributed by atoms with Gasteiger partial charge < -0.3 is 0 Å². The summed E-state index contributed by atoms with van der Waals surface area (Å²) < 4.78 is 0. The Balaban J connectivity index is 0. The van der Waals surface area contributed by atoms with E-state index in [1.165, 1.54) is 5.70 Å². The highest BCUT2D eigenvalue weighted by Gasteiger charge is 2.17. The third-order valence-corrected chi connectivity index (χ3v) is 2.08. The summed E-state index contributed by atoms with van der Waals surface area (Å²) in [6, 6.07) is -2.45. The van der Waals surface area contributed by atoms with E-state index in [1.807, 2.05) is 0 Å². The molecule has 0 aromatic heterocycles. The van der Waals surface area contributed by atoms with Crippen molar-refractivity contribution in [3.05, 3.63) is 12.3 Å². The van der Waals surface area contributed by atoms with E-state index in [2.05, 4.69) is 6.58 Å². The average molecular weight is 228 g/mol. The molecule has 0 unspecified atom stereocenters. The molecule has 8 heavy (non-hydrogen) atoms. The van der Waals surface area contributed by atoms with Crippen LogP contribution in [0.2, 0.25) is 0 Å². The Bertz CT molecular complexity index is 57.5. The molecule has 0 heterocycles. The summed E-state index contributed by atoms with van der Waals surface area (Å²) in [6.07, 6.45) is 0. The predicted molar refractivity (Wildman–Crippen MR) is 49.3 cm³/mol. The lowest BCUT2D eigenvalue weighted by atomic mass is 11.3. The lowest BCUT2D eigenvalue weighted by Gasteiger charge is -1.92. The van der Waals surface area contributed by atoms with Crippen molar-refractivity contribution < 1.29 is 0 Å². The summed E-state index contributed by atoms with van der Waals surface area (Å²) in [6.45, 7) is 3.30. The van der Waals surface area contributed by atoms with Crippen LogP contribution in [0.15, 0.2) is 12.3 Å². The van der Waals surface area contributed by atoms with E-state index in [0.29, 0.717) is 0 Å². The molecule has 0 rings (SSSR count). The predicted octanol–water partition coefficient (Wildman–Crippen LogP) is 1.87. The minimum absolute atomic E-state index is 0.778. The van der Waals surface area contributed by atoms with Gasteiger partial charge in [-0.2, -0.15) is 11.1 Å². The van der Waals surface area contributed by atoms with Crippen LogP contribution in [0, 0.1) is 0 Å². The monoisotopic (exact) mass is 226 g/mol. The van der Waals surface area contributed by atoms with Gasteiger partial charge in [-0.15, -0.1) is 39.8 Å². The van der Waals surface area contributed by atoms with Gasteiger partial charge in [-0.25, -0.2) is 0 Å². The zero-order chi connectivity index (χ0) is 7.21. The fraction of sp³-hybridized carbons (Fsp3) is 0. The summed E-state index contributed by atoms with van der Waals surface area (Å²) in [5, 5.41) is 0. The molecule has 0 amide bonds. The molecule has 0 atom stereocenters.